The van der Waals surface area contributed by atoms with E-state index >= 15 is 0 Å². The lowest BCUT2D eigenvalue weighted by atomic mass is 10.00. The Morgan fingerprint density at radius 1 is 1.07 bits per heavy atom. The molecular weight excluding hydrogens is 340 g/mol. The average molecular weight is 355 g/mol. The summed E-state index contributed by atoms with van der Waals surface area (Å²) in [4.78, 5) is 9.47. The number of aromatic nitrogens is 3. The first-order valence-electron chi connectivity index (χ1n) is 8.54. The molecule has 0 spiro atoms. The molecule has 5 rings (SSSR count). The number of rotatable bonds is 2. The minimum atomic E-state index is -0.110. The molecule has 0 saturated heterocycles. The molecule has 1 aliphatic rings. The zero-order valence-electron chi connectivity index (χ0n) is 14.8. The third-order valence-electron chi connectivity index (χ3n) is 4.83. The Labute approximate surface area is 155 Å². The Balaban J connectivity index is 1.88. The Bertz CT molecular complexity index is 1240. The third-order valence-corrected chi connectivity index (χ3v) is 4.83. The Hall–Kier alpha value is -3.67. The molecule has 132 valence electrons. The quantitative estimate of drug-likeness (QED) is 0.487. The largest absolute Gasteiger partial charge is 0.870 e. The van der Waals surface area contributed by atoms with Crippen molar-refractivity contribution < 1.29 is 9.84 Å². The van der Waals surface area contributed by atoms with Gasteiger partial charge in [0.1, 0.15) is 23.3 Å². The van der Waals surface area contributed by atoms with Gasteiger partial charge in [-0.1, -0.05) is 35.6 Å². The van der Waals surface area contributed by atoms with Crippen LogP contribution in [-0.2, 0) is 0 Å². The van der Waals surface area contributed by atoms with Gasteiger partial charge in [-0.05, 0) is 25.1 Å². The molecule has 0 atom stereocenters. The predicted molar refractivity (Wildman–Crippen MR) is 101 cm³/mol. The van der Waals surface area contributed by atoms with Crippen LogP contribution in [0, 0.1) is 6.92 Å². The van der Waals surface area contributed by atoms with Crippen LogP contribution in [0.15, 0.2) is 60.0 Å². The van der Waals surface area contributed by atoms with Gasteiger partial charge >= 0.3 is 0 Å². The molecule has 0 N–H and O–H groups in total. The zero-order valence-corrected chi connectivity index (χ0v) is 14.8. The number of aryl methyl sites for hydroxylation is 1. The van der Waals surface area contributed by atoms with E-state index in [1.165, 1.54) is 7.11 Å². The maximum absolute atomic E-state index is 12.3. The second kappa shape index (κ2) is 5.67. The number of hydrogen-bond acceptors (Lipinski definition) is 5. The highest BCUT2D eigenvalue weighted by molar-refractivity contribution is 6.21. The number of hydrogen-bond donors (Lipinski definition) is 0. The number of nitrogens with zero attached hydrogens (tertiary/aromatic N) is 4. The van der Waals surface area contributed by atoms with Gasteiger partial charge in [0.05, 0.1) is 18.5 Å². The molecule has 0 radical (unpaired) electrons. The molecule has 2 aromatic heterocycles. The van der Waals surface area contributed by atoms with E-state index in [0.717, 1.165) is 39.3 Å². The molecule has 2 aromatic carbocycles. The molecule has 27 heavy (non-hydrogen) atoms. The number of ether oxygens (including phenoxy) is 1. The van der Waals surface area contributed by atoms with Crippen LogP contribution in [0.2, 0.25) is 0 Å². The van der Waals surface area contributed by atoms with Crippen molar-refractivity contribution in [3.8, 4) is 22.8 Å². The SMILES string of the molecule is COc1cc(C2=Nc3ccccc3-c3ncnn4ccc2c34)cc(C)c1[O-]. The second-order valence-electron chi connectivity index (χ2n) is 6.43. The first-order valence-corrected chi connectivity index (χ1v) is 8.54. The van der Waals surface area contributed by atoms with Gasteiger partial charge in [-0.3, -0.25) is 0 Å². The molecule has 0 aliphatic carbocycles. The van der Waals surface area contributed by atoms with Crippen LogP contribution in [0.3, 0.4) is 0 Å². The summed E-state index contributed by atoms with van der Waals surface area (Å²) in [6.07, 6.45) is 3.44. The summed E-state index contributed by atoms with van der Waals surface area (Å²) in [7, 11) is 1.50. The van der Waals surface area contributed by atoms with Crippen molar-refractivity contribution in [1.29, 1.82) is 0 Å². The Kier molecular flexibility index (Phi) is 3.27. The zero-order chi connectivity index (χ0) is 18.5. The van der Waals surface area contributed by atoms with Crippen molar-refractivity contribution in [1.82, 2.24) is 14.6 Å². The summed E-state index contributed by atoms with van der Waals surface area (Å²) < 4.78 is 7.09. The van der Waals surface area contributed by atoms with Crippen LogP contribution in [-0.4, -0.2) is 27.4 Å². The molecule has 6 heteroatoms. The molecule has 0 bridgehead atoms. The van der Waals surface area contributed by atoms with Crippen molar-refractivity contribution in [2.45, 2.75) is 6.92 Å². The highest BCUT2D eigenvalue weighted by atomic mass is 16.5. The van der Waals surface area contributed by atoms with E-state index in [2.05, 4.69) is 10.1 Å². The predicted octanol–water partition coefficient (Wildman–Crippen LogP) is 3.27. The van der Waals surface area contributed by atoms with Crippen molar-refractivity contribution >= 4 is 16.9 Å². The highest BCUT2D eigenvalue weighted by Crippen LogP contribution is 2.38. The van der Waals surface area contributed by atoms with Gasteiger partial charge in [0.2, 0.25) is 0 Å². The lowest BCUT2D eigenvalue weighted by molar-refractivity contribution is -0.270. The van der Waals surface area contributed by atoms with Gasteiger partial charge in [-0.25, -0.2) is 14.5 Å². The fourth-order valence-corrected chi connectivity index (χ4v) is 3.54. The second-order valence-corrected chi connectivity index (χ2v) is 6.43. The summed E-state index contributed by atoms with van der Waals surface area (Å²) >= 11 is 0. The first-order chi connectivity index (χ1) is 13.2. The van der Waals surface area contributed by atoms with Crippen molar-refractivity contribution in [3.05, 3.63) is 71.7 Å². The summed E-state index contributed by atoms with van der Waals surface area (Å²) in [5, 5.41) is 16.6. The number of benzene rings is 2. The molecule has 6 nitrogen and oxygen atoms in total. The van der Waals surface area contributed by atoms with Gasteiger partial charge in [-0.15, -0.1) is 0 Å². The van der Waals surface area contributed by atoms with Gasteiger partial charge in [0.15, 0.2) is 0 Å². The van der Waals surface area contributed by atoms with Crippen molar-refractivity contribution in [3.63, 3.8) is 0 Å². The summed E-state index contributed by atoms with van der Waals surface area (Å²) in [6.45, 7) is 1.78. The van der Waals surface area contributed by atoms with Gasteiger partial charge in [0.25, 0.3) is 0 Å². The summed E-state index contributed by atoms with van der Waals surface area (Å²) in [5.74, 6) is 0.201. The van der Waals surface area contributed by atoms with Gasteiger partial charge < -0.3 is 9.84 Å². The van der Waals surface area contributed by atoms with Crippen LogP contribution in [0.4, 0.5) is 5.69 Å². The van der Waals surface area contributed by atoms with E-state index in [-0.39, 0.29) is 5.75 Å². The fraction of sp³-hybridized carbons (Fsp3) is 0.0952. The van der Waals surface area contributed by atoms with Crippen molar-refractivity contribution in [2.24, 2.45) is 4.99 Å². The highest BCUT2D eigenvalue weighted by Gasteiger charge is 2.23. The molecule has 0 unspecified atom stereocenters. The number of methoxy groups -OCH3 is 1. The van der Waals surface area contributed by atoms with Crippen molar-refractivity contribution in [2.75, 3.05) is 7.11 Å². The van der Waals surface area contributed by atoms with Crippen LogP contribution in [0.25, 0.3) is 16.8 Å². The molecular formula is C21H15N4O2-. The molecule has 0 amide bonds. The maximum atomic E-state index is 12.3. The lowest BCUT2D eigenvalue weighted by Gasteiger charge is -2.18. The first kappa shape index (κ1) is 15.6. The third kappa shape index (κ3) is 2.23. The molecule has 3 heterocycles. The molecule has 4 aromatic rings. The topological polar surface area (TPSA) is 74.8 Å². The van der Waals surface area contributed by atoms with Crippen LogP contribution < -0.4 is 9.84 Å². The van der Waals surface area contributed by atoms with Crippen LogP contribution in [0.5, 0.6) is 11.5 Å². The Morgan fingerprint density at radius 3 is 2.78 bits per heavy atom. The molecule has 0 saturated carbocycles. The molecule has 1 aliphatic heterocycles. The van der Waals surface area contributed by atoms with Crippen LogP contribution in [0.1, 0.15) is 16.7 Å². The minimum Gasteiger partial charge on any atom is -0.870 e. The number of para-hydroxylation sites is 1. The van der Waals surface area contributed by atoms with Crippen LogP contribution >= 0.6 is 0 Å². The van der Waals surface area contributed by atoms with E-state index < -0.39 is 0 Å². The monoisotopic (exact) mass is 355 g/mol. The number of fused-ring (bicyclic) bond motifs is 2. The van der Waals surface area contributed by atoms with Gasteiger partial charge in [0, 0.05) is 22.9 Å². The van der Waals surface area contributed by atoms with E-state index in [0.29, 0.717) is 11.3 Å². The summed E-state index contributed by atoms with van der Waals surface area (Å²) in [5.41, 5.74) is 6.62. The smallest absolute Gasteiger partial charge is 0.137 e. The van der Waals surface area contributed by atoms with E-state index in [1.54, 1.807) is 23.8 Å². The number of aliphatic imine (C=N–C) groups is 1. The lowest BCUT2D eigenvalue weighted by Crippen LogP contribution is -2.06. The normalized spacial score (nSPS) is 12.4. The average Bonchev–Trinajstić information content (AvgIpc) is 3.06. The van der Waals surface area contributed by atoms with E-state index in [4.69, 9.17) is 9.73 Å². The van der Waals surface area contributed by atoms with Gasteiger partial charge in [-0.2, -0.15) is 5.10 Å². The molecule has 0 fully saturated rings. The summed E-state index contributed by atoms with van der Waals surface area (Å²) in [6, 6.07) is 13.5. The van der Waals surface area contributed by atoms with E-state index in [9.17, 15) is 5.11 Å². The fourth-order valence-electron chi connectivity index (χ4n) is 3.54. The standard InChI is InChI=1S/C21H16N4O2/c1-12-9-13(10-17(27-2)21(12)26)18-15-7-8-25-20(15)19(22-11-23-25)14-5-3-4-6-16(14)24-18/h3-11,26H,1-2H3/p-1. The van der Waals surface area contributed by atoms with E-state index in [1.807, 2.05) is 42.6 Å². The Morgan fingerprint density at radius 2 is 1.93 bits per heavy atom. The maximum Gasteiger partial charge on any atom is 0.137 e. The minimum absolute atomic E-state index is 0.110.